The summed E-state index contributed by atoms with van der Waals surface area (Å²) in [6.45, 7) is -0.438. The van der Waals surface area contributed by atoms with Gasteiger partial charge in [-0.05, 0) is 17.5 Å². The van der Waals surface area contributed by atoms with E-state index in [1.807, 2.05) is 18.3 Å². The highest BCUT2D eigenvalue weighted by atomic mass is 16.3. The van der Waals surface area contributed by atoms with Crippen molar-refractivity contribution < 1.29 is 9.90 Å². The lowest BCUT2D eigenvalue weighted by atomic mass is 10.1. The summed E-state index contributed by atoms with van der Waals surface area (Å²) in [6, 6.07) is 7.25. The molecule has 3 nitrogen and oxygen atoms in total. The summed E-state index contributed by atoms with van der Waals surface area (Å²) in [6.07, 6.45) is 1.82. The third kappa shape index (κ3) is 1.34. The molecule has 13 heavy (non-hydrogen) atoms. The number of hydrogen-bond donors (Lipinski definition) is 2. The fraction of sp³-hybridized carbons (Fsp3) is 0.100. The highest BCUT2D eigenvalue weighted by Gasteiger charge is 2.04. The average Bonchev–Trinajstić information content (AvgIpc) is 2.63. The molecule has 0 saturated carbocycles. The van der Waals surface area contributed by atoms with Gasteiger partial charge in [0.1, 0.15) is 6.61 Å². The van der Waals surface area contributed by atoms with Gasteiger partial charge in [0.15, 0.2) is 5.78 Å². The Morgan fingerprint density at radius 1 is 1.38 bits per heavy atom. The molecule has 0 aliphatic heterocycles. The number of aromatic nitrogens is 1. The number of aromatic amines is 1. The maximum absolute atomic E-state index is 11.1. The first-order chi connectivity index (χ1) is 6.31. The summed E-state index contributed by atoms with van der Waals surface area (Å²) in [5.74, 6) is -0.253. The van der Waals surface area contributed by atoms with E-state index in [-0.39, 0.29) is 5.78 Å². The molecule has 2 rings (SSSR count). The number of Topliss-reactive ketones (excluding diaryl/α,β-unsaturated/α-hetero) is 1. The maximum atomic E-state index is 11.1. The van der Waals surface area contributed by atoms with Gasteiger partial charge in [-0.1, -0.05) is 12.1 Å². The molecule has 1 aromatic carbocycles. The zero-order chi connectivity index (χ0) is 9.26. The molecule has 0 fully saturated rings. The van der Waals surface area contributed by atoms with Crippen LogP contribution in [0.4, 0.5) is 0 Å². The van der Waals surface area contributed by atoms with Crippen molar-refractivity contribution in [2.45, 2.75) is 0 Å². The third-order valence-corrected chi connectivity index (χ3v) is 2.02. The van der Waals surface area contributed by atoms with Crippen LogP contribution in [0.5, 0.6) is 0 Å². The molecule has 1 heterocycles. The fourth-order valence-electron chi connectivity index (χ4n) is 1.31. The second-order valence-corrected chi connectivity index (χ2v) is 2.86. The Morgan fingerprint density at radius 2 is 2.23 bits per heavy atom. The number of fused-ring (bicyclic) bond motifs is 1. The number of hydrogen-bond acceptors (Lipinski definition) is 2. The summed E-state index contributed by atoms with van der Waals surface area (Å²) in [5, 5.41) is 9.72. The molecule has 0 radical (unpaired) electrons. The van der Waals surface area contributed by atoms with Gasteiger partial charge >= 0.3 is 0 Å². The molecule has 0 aliphatic carbocycles. The van der Waals surface area contributed by atoms with Crippen LogP contribution in [0.15, 0.2) is 30.5 Å². The molecule has 0 amide bonds. The first-order valence-corrected chi connectivity index (χ1v) is 4.02. The van der Waals surface area contributed by atoms with Crippen LogP contribution in [-0.2, 0) is 0 Å². The third-order valence-electron chi connectivity index (χ3n) is 2.02. The van der Waals surface area contributed by atoms with Crippen LogP contribution >= 0.6 is 0 Å². The van der Waals surface area contributed by atoms with Crippen LogP contribution in [0.1, 0.15) is 10.4 Å². The summed E-state index contributed by atoms with van der Waals surface area (Å²) < 4.78 is 0. The monoisotopic (exact) mass is 175 g/mol. The lowest BCUT2D eigenvalue weighted by molar-refractivity contribution is 0.0904. The van der Waals surface area contributed by atoms with Crippen LogP contribution in [-0.4, -0.2) is 22.5 Å². The van der Waals surface area contributed by atoms with E-state index < -0.39 is 6.61 Å². The van der Waals surface area contributed by atoms with E-state index in [0.29, 0.717) is 5.56 Å². The highest BCUT2D eigenvalue weighted by molar-refractivity contribution is 5.99. The van der Waals surface area contributed by atoms with E-state index in [4.69, 9.17) is 5.11 Å². The summed E-state index contributed by atoms with van der Waals surface area (Å²) in [7, 11) is 0. The van der Waals surface area contributed by atoms with Crippen LogP contribution < -0.4 is 0 Å². The summed E-state index contributed by atoms with van der Waals surface area (Å²) in [4.78, 5) is 14.1. The molecule has 1 aromatic heterocycles. The second kappa shape index (κ2) is 3.03. The van der Waals surface area contributed by atoms with Crippen molar-refractivity contribution in [1.29, 1.82) is 0 Å². The Bertz CT molecular complexity index is 445. The van der Waals surface area contributed by atoms with Gasteiger partial charge < -0.3 is 10.1 Å². The molecule has 0 aliphatic rings. The molecule has 2 N–H and O–H groups in total. The van der Waals surface area contributed by atoms with Gasteiger partial charge in [0.05, 0.1) is 0 Å². The lowest BCUT2D eigenvalue weighted by Gasteiger charge is -1.96. The standard InChI is InChI=1S/C10H9NO2/c12-6-10(13)8-2-1-7-3-4-11-9(7)5-8/h1-5,11-12H,6H2. The summed E-state index contributed by atoms with van der Waals surface area (Å²) >= 11 is 0. The molecule has 3 heteroatoms. The van der Waals surface area contributed by atoms with Crippen molar-refractivity contribution in [3.8, 4) is 0 Å². The van der Waals surface area contributed by atoms with Crippen molar-refractivity contribution in [3.05, 3.63) is 36.0 Å². The minimum absolute atomic E-state index is 0.253. The van der Waals surface area contributed by atoms with E-state index in [0.717, 1.165) is 10.9 Å². The first-order valence-electron chi connectivity index (χ1n) is 4.02. The Morgan fingerprint density at radius 3 is 3.00 bits per heavy atom. The number of H-pyrrole nitrogens is 1. The van der Waals surface area contributed by atoms with Gasteiger partial charge in [-0.2, -0.15) is 0 Å². The number of ketones is 1. The van der Waals surface area contributed by atoms with Crippen molar-refractivity contribution >= 4 is 16.7 Å². The van der Waals surface area contributed by atoms with Gasteiger partial charge in [0.2, 0.25) is 0 Å². The summed E-state index contributed by atoms with van der Waals surface area (Å²) in [5.41, 5.74) is 1.46. The largest absolute Gasteiger partial charge is 0.388 e. The van der Waals surface area contributed by atoms with Gasteiger partial charge in [-0.25, -0.2) is 0 Å². The van der Waals surface area contributed by atoms with Gasteiger partial charge in [0, 0.05) is 17.3 Å². The minimum Gasteiger partial charge on any atom is -0.388 e. The van der Waals surface area contributed by atoms with Crippen molar-refractivity contribution in [2.24, 2.45) is 0 Å². The Hall–Kier alpha value is -1.61. The van der Waals surface area contributed by atoms with Gasteiger partial charge in [-0.15, -0.1) is 0 Å². The fourth-order valence-corrected chi connectivity index (χ4v) is 1.31. The number of nitrogens with one attached hydrogen (secondary N) is 1. The normalized spacial score (nSPS) is 10.5. The van der Waals surface area contributed by atoms with Crippen molar-refractivity contribution in [3.63, 3.8) is 0 Å². The van der Waals surface area contributed by atoms with Gasteiger partial charge in [-0.3, -0.25) is 4.79 Å². The number of rotatable bonds is 2. The molecule has 66 valence electrons. The SMILES string of the molecule is O=C(CO)c1ccc2cc[nH]c2c1. The molecule has 0 bridgehead atoms. The molecule has 0 unspecified atom stereocenters. The zero-order valence-corrected chi connectivity index (χ0v) is 6.95. The van der Waals surface area contributed by atoms with E-state index in [1.54, 1.807) is 12.1 Å². The van der Waals surface area contributed by atoms with E-state index in [9.17, 15) is 4.79 Å². The Labute approximate surface area is 75.0 Å². The predicted octanol–water partition coefficient (Wildman–Crippen LogP) is 1.34. The minimum atomic E-state index is -0.438. The molecule has 0 saturated heterocycles. The number of benzene rings is 1. The van der Waals surface area contributed by atoms with E-state index in [1.165, 1.54) is 0 Å². The number of aliphatic hydroxyl groups is 1. The first kappa shape index (κ1) is 8.01. The molecule has 0 atom stereocenters. The van der Waals surface area contributed by atoms with Crippen LogP contribution in [0.2, 0.25) is 0 Å². The quantitative estimate of drug-likeness (QED) is 0.677. The Kier molecular flexibility index (Phi) is 1.87. The number of carbonyl (C=O) groups is 1. The predicted molar refractivity (Wildman–Crippen MR) is 49.7 cm³/mol. The maximum Gasteiger partial charge on any atom is 0.188 e. The second-order valence-electron chi connectivity index (χ2n) is 2.86. The molecular weight excluding hydrogens is 166 g/mol. The topological polar surface area (TPSA) is 53.1 Å². The van der Waals surface area contributed by atoms with Crippen LogP contribution in [0, 0.1) is 0 Å². The van der Waals surface area contributed by atoms with E-state index >= 15 is 0 Å². The average molecular weight is 175 g/mol. The lowest BCUT2D eigenvalue weighted by Crippen LogP contribution is -2.03. The zero-order valence-electron chi connectivity index (χ0n) is 6.95. The van der Waals surface area contributed by atoms with Crippen molar-refractivity contribution in [1.82, 2.24) is 4.98 Å². The smallest absolute Gasteiger partial charge is 0.188 e. The molecule has 0 spiro atoms. The highest BCUT2D eigenvalue weighted by Crippen LogP contribution is 2.14. The van der Waals surface area contributed by atoms with Crippen molar-refractivity contribution in [2.75, 3.05) is 6.61 Å². The van der Waals surface area contributed by atoms with E-state index in [2.05, 4.69) is 4.98 Å². The van der Waals surface area contributed by atoms with Crippen LogP contribution in [0.25, 0.3) is 10.9 Å². The number of aliphatic hydroxyl groups excluding tert-OH is 1. The van der Waals surface area contributed by atoms with Gasteiger partial charge in [0.25, 0.3) is 0 Å². The Balaban J connectivity index is 2.54. The molecular formula is C10H9NO2. The molecule has 2 aromatic rings. The van der Waals surface area contributed by atoms with Crippen LogP contribution in [0.3, 0.4) is 0 Å². The number of carbonyl (C=O) groups excluding carboxylic acids is 1.